The average Bonchev–Trinajstić information content (AvgIpc) is 3.01. The Bertz CT molecular complexity index is 1110. The van der Waals surface area contributed by atoms with Crippen molar-refractivity contribution in [3.8, 4) is 5.75 Å². The molecule has 1 aliphatic heterocycles. The number of nitrogens with zero attached hydrogens (tertiary/aromatic N) is 2. The van der Waals surface area contributed by atoms with Gasteiger partial charge in [-0.1, -0.05) is 42.5 Å². The van der Waals surface area contributed by atoms with Gasteiger partial charge in [0.2, 0.25) is 5.91 Å². The minimum Gasteiger partial charge on any atom is -0.497 e. The molecule has 1 aliphatic rings. The SMILES string of the molecule is COc1ccc(C2=Nc3ccccc3N=C(SCC(=O)NCc3ccccc3)C2)cc1. The first-order valence-corrected chi connectivity index (χ1v) is 11.0. The molecule has 0 bridgehead atoms. The standard InChI is InChI=1S/C25H23N3O2S/c1-30-20-13-11-19(12-14-20)23-15-25(28-22-10-6-5-9-21(22)27-23)31-17-24(29)26-16-18-7-3-2-4-8-18/h2-14H,15-17H2,1H3,(H,26,29). The summed E-state index contributed by atoms with van der Waals surface area (Å²) in [6.45, 7) is 0.522. The van der Waals surface area contributed by atoms with Crippen LogP contribution in [0, 0.1) is 0 Å². The third kappa shape index (κ3) is 5.61. The van der Waals surface area contributed by atoms with Gasteiger partial charge in [-0.3, -0.25) is 9.79 Å². The molecule has 5 nitrogen and oxygen atoms in total. The van der Waals surface area contributed by atoms with E-state index in [-0.39, 0.29) is 5.91 Å². The molecule has 0 radical (unpaired) electrons. The van der Waals surface area contributed by atoms with E-state index in [0.29, 0.717) is 18.7 Å². The third-order valence-electron chi connectivity index (χ3n) is 4.83. The van der Waals surface area contributed by atoms with Gasteiger partial charge in [-0.2, -0.15) is 0 Å². The van der Waals surface area contributed by atoms with Gasteiger partial charge in [0.1, 0.15) is 5.75 Å². The lowest BCUT2D eigenvalue weighted by Gasteiger charge is -2.09. The van der Waals surface area contributed by atoms with E-state index in [9.17, 15) is 4.79 Å². The Morgan fingerprint density at radius 1 is 0.935 bits per heavy atom. The fourth-order valence-corrected chi connectivity index (χ4v) is 3.99. The highest BCUT2D eigenvalue weighted by atomic mass is 32.2. The van der Waals surface area contributed by atoms with Crippen molar-refractivity contribution in [3.63, 3.8) is 0 Å². The summed E-state index contributed by atoms with van der Waals surface area (Å²) in [5.74, 6) is 1.10. The molecule has 4 rings (SSSR count). The Kier molecular flexibility index (Phi) is 6.79. The number of carbonyl (C=O) groups is 1. The van der Waals surface area contributed by atoms with E-state index in [1.54, 1.807) is 7.11 Å². The summed E-state index contributed by atoms with van der Waals surface area (Å²) >= 11 is 1.46. The van der Waals surface area contributed by atoms with Gasteiger partial charge >= 0.3 is 0 Å². The van der Waals surface area contributed by atoms with E-state index in [1.807, 2.05) is 78.9 Å². The van der Waals surface area contributed by atoms with Crippen LogP contribution >= 0.6 is 11.8 Å². The minimum absolute atomic E-state index is 0.0166. The molecule has 3 aromatic carbocycles. The van der Waals surface area contributed by atoms with Crippen molar-refractivity contribution in [3.05, 3.63) is 90.0 Å². The Labute approximate surface area is 186 Å². The highest BCUT2D eigenvalue weighted by Gasteiger charge is 2.16. The van der Waals surface area contributed by atoms with Gasteiger partial charge in [0, 0.05) is 13.0 Å². The summed E-state index contributed by atoms with van der Waals surface area (Å²) in [7, 11) is 1.65. The number of hydrogen-bond donors (Lipinski definition) is 1. The van der Waals surface area contributed by atoms with Gasteiger partial charge in [-0.05, 0) is 47.5 Å². The molecule has 1 heterocycles. The molecule has 0 spiro atoms. The molecule has 0 atom stereocenters. The average molecular weight is 430 g/mol. The van der Waals surface area contributed by atoms with Gasteiger partial charge in [0.05, 0.1) is 35.0 Å². The van der Waals surface area contributed by atoms with Crippen molar-refractivity contribution in [2.45, 2.75) is 13.0 Å². The fourth-order valence-electron chi connectivity index (χ4n) is 3.19. The van der Waals surface area contributed by atoms with Crippen LogP contribution in [0.4, 0.5) is 11.4 Å². The molecule has 156 valence electrons. The number of benzene rings is 3. The van der Waals surface area contributed by atoms with E-state index >= 15 is 0 Å². The predicted octanol–water partition coefficient (Wildman–Crippen LogP) is 5.30. The molecule has 0 aliphatic carbocycles. The first-order chi connectivity index (χ1) is 15.2. The van der Waals surface area contributed by atoms with Crippen molar-refractivity contribution in [1.29, 1.82) is 0 Å². The third-order valence-corrected chi connectivity index (χ3v) is 5.80. The number of hydrogen-bond acceptors (Lipinski definition) is 5. The molecule has 1 N–H and O–H groups in total. The van der Waals surface area contributed by atoms with Crippen LogP contribution in [0.3, 0.4) is 0 Å². The molecule has 0 unspecified atom stereocenters. The van der Waals surface area contributed by atoms with Crippen molar-refractivity contribution in [2.24, 2.45) is 9.98 Å². The minimum atomic E-state index is -0.0166. The maximum Gasteiger partial charge on any atom is 0.230 e. The molecule has 0 saturated carbocycles. The molecular formula is C25H23N3O2S. The number of amides is 1. The first kappa shape index (κ1) is 20.9. The molecule has 0 saturated heterocycles. The van der Waals surface area contributed by atoms with Gasteiger partial charge in [-0.25, -0.2) is 4.99 Å². The number of nitrogens with one attached hydrogen (secondary N) is 1. The topological polar surface area (TPSA) is 63.1 Å². The van der Waals surface area contributed by atoms with Crippen LogP contribution in [0.25, 0.3) is 0 Å². The number of aliphatic imine (C=N–C) groups is 2. The summed E-state index contributed by atoms with van der Waals surface area (Å²) in [5, 5.41) is 3.84. The van der Waals surface area contributed by atoms with Gasteiger partial charge < -0.3 is 10.1 Å². The number of methoxy groups -OCH3 is 1. The highest BCUT2D eigenvalue weighted by molar-refractivity contribution is 8.14. The van der Waals surface area contributed by atoms with E-state index in [2.05, 4.69) is 5.32 Å². The monoisotopic (exact) mass is 429 g/mol. The Morgan fingerprint density at radius 2 is 1.61 bits per heavy atom. The lowest BCUT2D eigenvalue weighted by atomic mass is 10.1. The smallest absolute Gasteiger partial charge is 0.230 e. The molecule has 31 heavy (non-hydrogen) atoms. The van der Waals surface area contributed by atoms with Crippen LogP contribution in [-0.2, 0) is 11.3 Å². The molecule has 3 aromatic rings. The molecule has 0 fully saturated rings. The quantitative estimate of drug-likeness (QED) is 0.578. The van der Waals surface area contributed by atoms with Crippen LogP contribution in [-0.4, -0.2) is 29.5 Å². The van der Waals surface area contributed by atoms with Crippen LogP contribution in [0.2, 0.25) is 0 Å². The first-order valence-electron chi connectivity index (χ1n) is 10.0. The maximum absolute atomic E-state index is 12.4. The van der Waals surface area contributed by atoms with E-state index in [1.165, 1.54) is 11.8 Å². The normalized spacial score (nSPS) is 12.8. The number of para-hydroxylation sites is 2. The summed E-state index contributed by atoms with van der Waals surface area (Å²) in [5.41, 5.74) is 4.66. The zero-order chi connectivity index (χ0) is 21.5. The van der Waals surface area contributed by atoms with E-state index in [0.717, 1.165) is 39.0 Å². The molecule has 0 aromatic heterocycles. The largest absolute Gasteiger partial charge is 0.497 e. The Morgan fingerprint density at radius 3 is 2.32 bits per heavy atom. The zero-order valence-electron chi connectivity index (χ0n) is 17.2. The zero-order valence-corrected chi connectivity index (χ0v) is 18.1. The van der Waals surface area contributed by atoms with Gasteiger partial charge in [-0.15, -0.1) is 11.8 Å². The highest BCUT2D eigenvalue weighted by Crippen LogP contribution is 2.33. The number of rotatable bonds is 6. The predicted molar refractivity (Wildman–Crippen MR) is 128 cm³/mol. The summed E-state index contributed by atoms with van der Waals surface area (Å²) in [6.07, 6.45) is 0.567. The number of fused-ring (bicyclic) bond motifs is 1. The fraction of sp³-hybridized carbons (Fsp3) is 0.160. The van der Waals surface area contributed by atoms with Crippen molar-refractivity contribution < 1.29 is 9.53 Å². The lowest BCUT2D eigenvalue weighted by molar-refractivity contribution is -0.118. The lowest BCUT2D eigenvalue weighted by Crippen LogP contribution is -2.25. The van der Waals surface area contributed by atoms with Gasteiger partial charge in [0.15, 0.2) is 0 Å². The van der Waals surface area contributed by atoms with Crippen LogP contribution in [0.15, 0.2) is 88.8 Å². The Balaban J connectivity index is 1.47. The van der Waals surface area contributed by atoms with Crippen molar-refractivity contribution >= 4 is 39.8 Å². The summed E-state index contributed by atoms with van der Waals surface area (Å²) < 4.78 is 5.27. The van der Waals surface area contributed by atoms with Crippen LogP contribution in [0.1, 0.15) is 17.5 Å². The second-order valence-corrected chi connectivity index (χ2v) is 8.06. The number of thioether (sulfide) groups is 1. The van der Waals surface area contributed by atoms with E-state index < -0.39 is 0 Å². The molecule has 1 amide bonds. The van der Waals surface area contributed by atoms with Gasteiger partial charge in [0.25, 0.3) is 0 Å². The second kappa shape index (κ2) is 10.1. The number of carbonyl (C=O) groups excluding carboxylic acids is 1. The van der Waals surface area contributed by atoms with Crippen molar-refractivity contribution in [2.75, 3.05) is 12.9 Å². The maximum atomic E-state index is 12.4. The second-order valence-electron chi connectivity index (χ2n) is 7.01. The number of ether oxygens (including phenoxy) is 1. The summed E-state index contributed by atoms with van der Waals surface area (Å²) in [6, 6.07) is 25.6. The molecule has 6 heteroatoms. The Hall–Kier alpha value is -3.38. The summed E-state index contributed by atoms with van der Waals surface area (Å²) in [4.78, 5) is 22.0. The van der Waals surface area contributed by atoms with Crippen LogP contribution < -0.4 is 10.1 Å². The van der Waals surface area contributed by atoms with E-state index in [4.69, 9.17) is 14.7 Å². The molecular weight excluding hydrogens is 406 g/mol. The van der Waals surface area contributed by atoms with Crippen molar-refractivity contribution in [1.82, 2.24) is 5.32 Å². The van der Waals surface area contributed by atoms with Crippen LogP contribution in [0.5, 0.6) is 5.75 Å².